The summed E-state index contributed by atoms with van der Waals surface area (Å²) in [4.78, 5) is 11.4. The molecule has 2 heteroatoms. The van der Waals surface area contributed by atoms with E-state index in [1.54, 1.807) is 0 Å². The first kappa shape index (κ1) is 10.7. The van der Waals surface area contributed by atoms with Gasteiger partial charge in [0.1, 0.15) is 0 Å². The number of carbonyl (C=O) groups is 1. The Morgan fingerprint density at radius 2 is 2.20 bits per heavy atom. The number of rotatable bonds is 4. The Kier molecular flexibility index (Phi) is 3.13. The van der Waals surface area contributed by atoms with E-state index >= 15 is 0 Å². The van der Waals surface area contributed by atoms with Crippen LogP contribution in [-0.4, -0.2) is 12.6 Å². The Balaban J connectivity index is 1.82. The molecule has 84 valence electrons. The summed E-state index contributed by atoms with van der Waals surface area (Å²) in [5.74, 6) is 2.32. The van der Waals surface area contributed by atoms with Crippen molar-refractivity contribution in [1.82, 2.24) is 0 Å². The lowest BCUT2D eigenvalue weighted by Crippen LogP contribution is -2.15. The van der Waals surface area contributed by atoms with Gasteiger partial charge in [-0.15, -0.1) is 0 Å². The van der Waals surface area contributed by atoms with Gasteiger partial charge in [0, 0.05) is 5.57 Å². The first-order chi connectivity index (χ1) is 7.20. The van der Waals surface area contributed by atoms with E-state index in [1.165, 1.54) is 25.7 Å². The molecular formula is C13H20O2. The minimum atomic E-state index is -0.194. The van der Waals surface area contributed by atoms with E-state index in [4.69, 9.17) is 4.74 Å². The number of hydrogen-bond donors (Lipinski definition) is 0. The van der Waals surface area contributed by atoms with Crippen LogP contribution < -0.4 is 0 Å². The molecule has 3 atom stereocenters. The topological polar surface area (TPSA) is 26.3 Å². The van der Waals surface area contributed by atoms with Crippen molar-refractivity contribution in [2.24, 2.45) is 17.8 Å². The van der Waals surface area contributed by atoms with Crippen LogP contribution in [0.1, 0.15) is 39.0 Å². The fraction of sp³-hybridized carbons (Fsp3) is 0.769. The molecule has 0 aromatic carbocycles. The van der Waals surface area contributed by atoms with Gasteiger partial charge in [-0.1, -0.05) is 13.0 Å². The van der Waals surface area contributed by atoms with Crippen molar-refractivity contribution in [2.45, 2.75) is 39.0 Å². The second-order valence-electron chi connectivity index (χ2n) is 4.96. The maximum absolute atomic E-state index is 11.4. The highest BCUT2D eigenvalue weighted by Crippen LogP contribution is 2.50. The van der Waals surface area contributed by atoms with Crippen LogP contribution in [0.15, 0.2) is 12.2 Å². The maximum Gasteiger partial charge on any atom is 0.333 e. The summed E-state index contributed by atoms with van der Waals surface area (Å²) in [6.07, 6.45) is 6.34. The molecule has 2 fully saturated rings. The zero-order chi connectivity index (χ0) is 10.8. The highest BCUT2D eigenvalue weighted by molar-refractivity contribution is 5.87. The smallest absolute Gasteiger partial charge is 0.333 e. The first-order valence-electron chi connectivity index (χ1n) is 6.05. The quantitative estimate of drug-likeness (QED) is 0.524. The Bertz CT molecular complexity index is 270. The van der Waals surface area contributed by atoms with Crippen LogP contribution in [0.4, 0.5) is 0 Å². The monoisotopic (exact) mass is 208 g/mol. The lowest BCUT2D eigenvalue weighted by atomic mass is 9.84. The summed E-state index contributed by atoms with van der Waals surface area (Å²) < 4.78 is 4.96. The highest BCUT2D eigenvalue weighted by atomic mass is 16.5. The summed E-state index contributed by atoms with van der Waals surface area (Å²) in [7, 11) is 0. The van der Waals surface area contributed by atoms with Gasteiger partial charge in [-0.2, -0.15) is 0 Å². The molecule has 0 saturated heterocycles. The van der Waals surface area contributed by atoms with Gasteiger partial charge in [-0.05, 0) is 50.4 Å². The van der Waals surface area contributed by atoms with Crippen molar-refractivity contribution < 1.29 is 9.53 Å². The standard InChI is InChI=1S/C13H20O2/c1-3-15-13(14)9(2)6-12-8-10-4-5-11(12)7-10/h10-12H,2-8H2,1H3. The van der Waals surface area contributed by atoms with Crippen molar-refractivity contribution >= 4 is 5.97 Å². The third-order valence-electron chi connectivity index (χ3n) is 3.96. The Hall–Kier alpha value is -0.790. The summed E-state index contributed by atoms with van der Waals surface area (Å²) >= 11 is 0. The molecule has 15 heavy (non-hydrogen) atoms. The number of hydrogen-bond acceptors (Lipinski definition) is 2. The summed E-state index contributed by atoms with van der Waals surface area (Å²) in [5, 5.41) is 0. The van der Waals surface area contributed by atoms with Crippen LogP contribution in [0.3, 0.4) is 0 Å². The lowest BCUT2D eigenvalue weighted by Gasteiger charge is -2.21. The van der Waals surface area contributed by atoms with Crippen molar-refractivity contribution in [1.29, 1.82) is 0 Å². The second-order valence-corrected chi connectivity index (χ2v) is 4.96. The fourth-order valence-electron chi connectivity index (χ4n) is 3.26. The van der Waals surface area contributed by atoms with Gasteiger partial charge in [0.05, 0.1) is 6.61 Å². The van der Waals surface area contributed by atoms with Gasteiger partial charge in [0.15, 0.2) is 0 Å². The second kappa shape index (κ2) is 4.38. The molecule has 0 amide bonds. The lowest BCUT2D eigenvalue weighted by molar-refractivity contribution is -0.138. The number of fused-ring (bicyclic) bond motifs is 2. The third kappa shape index (κ3) is 2.24. The van der Waals surface area contributed by atoms with Crippen LogP contribution in [0, 0.1) is 17.8 Å². The number of ether oxygens (including phenoxy) is 1. The molecule has 2 nitrogen and oxygen atoms in total. The van der Waals surface area contributed by atoms with Crippen LogP contribution >= 0.6 is 0 Å². The summed E-state index contributed by atoms with van der Waals surface area (Å²) in [6.45, 7) is 6.13. The molecule has 2 rings (SSSR count). The molecular weight excluding hydrogens is 188 g/mol. The van der Waals surface area contributed by atoms with E-state index in [0.717, 1.165) is 18.3 Å². The van der Waals surface area contributed by atoms with Gasteiger partial charge in [0.2, 0.25) is 0 Å². The minimum Gasteiger partial charge on any atom is -0.463 e. The van der Waals surface area contributed by atoms with E-state index < -0.39 is 0 Å². The van der Waals surface area contributed by atoms with Gasteiger partial charge >= 0.3 is 5.97 Å². The predicted molar refractivity (Wildman–Crippen MR) is 59.3 cm³/mol. The van der Waals surface area contributed by atoms with Crippen LogP contribution in [-0.2, 0) is 9.53 Å². The average molecular weight is 208 g/mol. The van der Waals surface area contributed by atoms with Gasteiger partial charge in [0.25, 0.3) is 0 Å². The van der Waals surface area contributed by atoms with E-state index in [2.05, 4.69) is 6.58 Å². The summed E-state index contributed by atoms with van der Waals surface area (Å²) in [6, 6.07) is 0. The molecule has 0 heterocycles. The van der Waals surface area contributed by atoms with Crippen LogP contribution in [0.5, 0.6) is 0 Å². The zero-order valence-electron chi connectivity index (χ0n) is 9.50. The minimum absolute atomic E-state index is 0.194. The molecule has 3 unspecified atom stereocenters. The summed E-state index contributed by atoms with van der Waals surface area (Å²) in [5.41, 5.74) is 0.675. The molecule has 0 aromatic heterocycles. The fourth-order valence-corrected chi connectivity index (χ4v) is 3.26. The molecule has 0 aliphatic heterocycles. The zero-order valence-corrected chi connectivity index (χ0v) is 9.50. The third-order valence-corrected chi connectivity index (χ3v) is 3.96. The van der Waals surface area contributed by atoms with Gasteiger partial charge < -0.3 is 4.74 Å². The number of esters is 1. The van der Waals surface area contributed by atoms with Crippen molar-refractivity contribution in [3.05, 3.63) is 12.2 Å². The molecule has 0 spiro atoms. The Labute approximate surface area is 91.7 Å². The molecule has 2 aliphatic rings. The van der Waals surface area contributed by atoms with E-state index in [0.29, 0.717) is 18.1 Å². The van der Waals surface area contributed by atoms with Crippen molar-refractivity contribution in [2.75, 3.05) is 6.61 Å². The van der Waals surface area contributed by atoms with Gasteiger partial charge in [-0.3, -0.25) is 0 Å². The van der Waals surface area contributed by atoms with E-state index in [9.17, 15) is 4.79 Å². The normalized spacial score (nSPS) is 33.0. The highest BCUT2D eigenvalue weighted by Gasteiger charge is 2.39. The molecule has 0 aromatic rings. The van der Waals surface area contributed by atoms with E-state index in [1.807, 2.05) is 6.92 Å². The molecule has 2 saturated carbocycles. The molecule has 2 aliphatic carbocycles. The molecule has 0 N–H and O–H groups in total. The van der Waals surface area contributed by atoms with Crippen LogP contribution in [0.2, 0.25) is 0 Å². The van der Waals surface area contributed by atoms with Crippen molar-refractivity contribution in [3.63, 3.8) is 0 Å². The maximum atomic E-state index is 11.4. The predicted octanol–water partition coefficient (Wildman–Crippen LogP) is 2.93. The SMILES string of the molecule is C=C(CC1CC2CCC1C2)C(=O)OCC. The Morgan fingerprint density at radius 3 is 2.73 bits per heavy atom. The van der Waals surface area contributed by atoms with Crippen LogP contribution in [0.25, 0.3) is 0 Å². The molecule has 2 bridgehead atoms. The number of carbonyl (C=O) groups excluding carboxylic acids is 1. The molecule has 0 radical (unpaired) electrons. The average Bonchev–Trinajstić information content (AvgIpc) is 2.79. The van der Waals surface area contributed by atoms with Gasteiger partial charge in [-0.25, -0.2) is 4.79 Å². The largest absolute Gasteiger partial charge is 0.463 e. The van der Waals surface area contributed by atoms with Crippen molar-refractivity contribution in [3.8, 4) is 0 Å². The Morgan fingerprint density at radius 1 is 1.40 bits per heavy atom. The van der Waals surface area contributed by atoms with E-state index in [-0.39, 0.29) is 5.97 Å². The first-order valence-corrected chi connectivity index (χ1v) is 6.05.